The lowest BCUT2D eigenvalue weighted by Gasteiger charge is -2.16. The Labute approximate surface area is 157 Å². The number of amides is 2. The minimum atomic E-state index is -0.444. The van der Waals surface area contributed by atoms with Crippen molar-refractivity contribution in [2.45, 2.75) is 27.7 Å². The SMILES string of the molecule is Cc1c(C)c(C)c(C(=O)Nc2nc(C(=O)NCN(C)C)cs2)c(O)c1C. The van der Waals surface area contributed by atoms with Crippen LogP contribution in [0.3, 0.4) is 0 Å². The molecule has 0 fully saturated rings. The third-order valence-corrected chi connectivity index (χ3v) is 5.15. The van der Waals surface area contributed by atoms with Crippen molar-refractivity contribution >= 4 is 28.3 Å². The van der Waals surface area contributed by atoms with Gasteiger partial charge in [0.1, 0.15) is 11.4 Å². The Bertz CT molecular complexity index is 829. The topological polar surface area (TPSA) is 94.6 Å². The summed E-state index contributed by atoms with van der Waals surface area (Å²) in [5, 5.41) is 17.7. The molecule has 140 valence electrons. The first-order chi connectivity index (χ1) is 12.1. The van der Waals surface area contributed by atoms with Crippen LogP contribution >= 0.6 is 11.3 Å². The number of aromatic nitrogens is 1. The molecule has 1 aromatic heterocycles. The molecular weight excluding hydrogens is 352 g/mol. The van der Waals surface area contributed by atoms with Gasteiger partial charge < -0.3 is 10.4 Å². The number of nitrogens with one attached hydrogen (secondary N) is 2. The standard InChI is InChI=1S/C18H24N4O3S/c1-9-10(2)12(4)15(23)14(11(9)3)17(25)21-18-20-13(7-26-18)16(24)19-8-22(5)6/h7,23H,8H2,1-6H3,(H,19,24)(H,20,21,25). The molecule has 7 nitrogen and oxygen atoms in total. The number of anilines is 1. The minimum Gasteiger partial charge on any atom is -0.507 e. The van der Waals surface area contributed by atoms with Crippen molar-refractivity contribution in [3.8, 4) is 5.75 Å². The van der Waals surface area contributed by atoms with Gasteiger partial charge in [-0.1, -0.05) is 0 Å². The van der Waals surface area contributed by atoms with E-state index >= 15 is 0 Å². The van der Waals surface area contributed by atoms with Crippen molar-refractivity contribution in [1.82, 2.24) is 15.2 Å². The summed E-state index contributed by atoms with van der Waals surface area (Å²) in [7, 11) is 3.68. The van der Waals surface area contributed by atoms with Gasteiger partial charge in [0.05, 0.1) is 12.2 Å². The predicted octanol–water partition coefficient (Wildman–Crippen LogP) is 2.58. The molecule has 0 aliphatic rings. The summed E-state index contributed by atoms with van der Waals surface area (Å²) in [6, 6.07) is 0. The lowest BCUT2D eigenvalue weighted by Crippen LogP contribution is -2.33. The summed E-state index contributed by atoms with van der Waals surface area (Å²) >= 11 is 1.16. The molecule has 1 aromatic carbocycles. The first kappa shape index (κ1) is 19.9. The average molecular weight is 376 g/mol. The molecule has 2 amide bonds. The number of carbonyl (C=O) groups is 2. The van der Waals surface area contributed by atoms with Gasteiger partial charge in [-0.3, -0.25) is 19.8 Å². The number of carbonyl (C=O) groups excluding carboxylic acids is 2. The van der Waals surface area contributed by atoms with Crippen LogP contribution in [0.5, 0.6) is 5.75 Å². The van der Waals surface area contributed by atoms with Gasteiger partial charge in [-0.25, -0.2) is 4.98 Å². The van der Waals surface area contributed by atoms with E-state index in [4.69, 9.17) is 0 Å². The molecule has 0 saturated heterocycles. The number of nitrogens with zero attached hydrogens (tertiary/aromatic N) is 2. The quantitative estimate of drug-likeness (QED) is 0.697. The van der Waals surface area contributed by atoms with E-state index in [1.807, 2.05) is 32.8 Å². The molecule has 0 aliphatic heterocycles. The molecule has 3 N–H and O–H groups in total. The van der Waals surface area contributed by atoms with Gasteiger partial charge in [-0.15, -0.1) is 11.3 Å². The van der Waals surface area contributed by atoms with E-state index in [1.54, 1.807) is 19.2 Å². The van der Waals surface area contributed by atoms with Crippen molar-refractivity contribution < 1.29 is 14.7 Å². The van der Waals surface area contributed by atoms with Crippen LogP contribution in [-0.4, -0.2) is 47.6 Å². The molecule has 1 heterocycles. The number of rotatable bonds is 5. The van der Waals surface area contributed by atoms with E-state index in [1.165, 1.54) is 0 Å². The van der Waals surface area contributed by atoms with Crippen molar-refractivity contribution in [2.24, 2.45) is 0 Å². The van der Waals surface area contributed by atoms with E-state index in [0.717, 1.165) is 28.0 Å². The molecule has 0 unspecified atom stereocenters. The third-order valence-electron chi connectivity index (χ3n) is 4.39. The molecule has 8 heteroatoms. The van der Waals surface area contributed by atoms with Crippen molar-refractivity contribution in [1.29, 1.82) is 0 Å². The monoisotopic (exact) mass is 376 g/mol. The van der Waals surface area contributed by atoms with E-state index < -0.39 is 5.91 Å². The van der Waals surface area contributed by atoms with Crippen LogP contribution in [0.1, 0.15) is 43.1 Å². The number of hydrogen-bond acceptors (Lipinski definition) is 6. The van der Waals surface area contributed by atoms with Crippen molar-refractivity contribution in [3.63, 3.8) is 0 Å². The molecule has 0 radical (unpaired) electrons. The molecule has 2 aromatic rings. The van der Waals surface area contributed by atoms with Gasteiger partial charge in [-0.2, -0.15) is 0 Å². The van der Waals surface area contributed by atoms with E-state index in [2.05, 4.69) is 15.6 Å². The Hall–Kier alpha value is -2.45. The van der Waals surface area contributed by atoms with Crippen molar-refractivity contribution in [3.05, 3.63) is 38.9 Å². The van der Waals surface area contributed by atoms with E-state index in [-0.39, 0.29) is 22.9 Å². The van der Waals surface area contributed by atoms with Crippen LogP contribution in [-0.2, 0) is 0 Å². The van der Waals surface area contributed by atoms with Gasteiger partial charge >= 0.3 is 0 Å². The van der Waals surface area contributed by atoms with Gasteiger partial charge in [0.2, 0.25) is 0 Å². The summed E-state index contributed by atoms with van der Waals surface area (Å²) in [4.78, 5) is 30.6. The number of hydrogen-bond donors (Lipinski definition) is 3. The molecule has 0 saturated carbocycles. The van der Waals surface area contributed by atoms with Crippen LogP contribution in [0.15, 0.2) is 5.38 Å². The highest BCUT2D eigenvalue weighted by Gasteiger charge is 2.21. The zero-order chi connectivity index (χ0) is 19.6. The molecule has 0 atom stereocenters. The average Bonchev–Trinajstić information content (AvgIpc) is 3.04. The Kier molecular flexibility index (Phi) is 5.99. The highest BCUT2D eigenvalue weighted by Crippen LogP contribution is 2.32. The second-order valence-electron chi connectivity index (χ2n) is 6.46. The number of phenolic OH excluding ortho intramolecular Hbond substituents is 1. The molecule has 0 bridgehead atoms. The van der Waals surface area contributed by atoms with E-state index in [0.29, 0.717) is 17.4 Å². The summed E-state index contributed by atoms with van der Waals surface area (Å²) in [5.41, 5.74) is 3.81. The molecule has 26 heavy (non-hydrogen) atoms. The van der Waals surface area contributed by atoms with Gasteiger partial charge in [0.15, 0.2) is 5.13 Å². The van der Waals surface area contributed by atoms with Crippen LogP contribution in [0.2, 0.25) is 0 Å². The molecular formula is C18H24N4O3S. The smallest absolute Gasteiger partial charge is 0.271 e. The fourth-order valence-electron chi connectivity index (χ4n) is 2.49. The highest BCUT2D eigenvalue weighted by molar-refractivity contribution is 7.14. The molecule has 0 aliphatic carbocycles. The summed E-state index contributed by atoms with van der Waals surface area (Å²) in [6.45, 7) is 7.82. The zero-order valence-corrected chi connectivity index (χ0v) is 16.7. The Morgan fingerprint density at radius 1 is 1.08 bits per heavy atom. The minimum absolute atomic E-state index is 0.0244. The maximum Gasteiger partial charge on any atom is 0.271 e. The number of aromatic hydroxyl groups is 1. The van der Waals surface area contributed by atoms with Crippen LogP contribution in [0.4, 0.5) is 5.13 Å². The van der Waals surface area contributed by atoms with Crippen LogP contribution < -0.4 is 10.6 Å². The first-order valence-electron chi connectivity index (χ1n) is 8.12. The fourth-order valence-corrected chi connectivity index (χ4v) is 3.17. The zero-order valence-electron chi connectivity index (χ0n) is 15.9. The fraction of sp³-hybridized carbons (Fsp3) is 0.389. The highest BCUT2D eigenvalue weighted by atomic mass is 32.1. The Morgan fingerprint density at radius 3 is 2.31 bits per heavy atom. The number of phenols is 1. The maximum absolute atomic E-state index is 12.7. The first-order valence-corrected chi connectivity index (χ1v) is 9.00. The van der Waals surface area contributed by atoms with E-state index in [9.17, 15) is 14.7 Å². The Balaban J connectivity index is 2.21. The van der Waals surface area contributed by atoms with Gasteiger partial charge in [0, 0.05) is 5.38 Å². The third kappa shape index (κ3) is 4.03. The maximum atomic E-state index is 12.7. The van der Waals surface area contributed by atoms with Crippen LogP contribution in [0, 0.1) is 27.7 Å². The van der Waals surface area contributed by atoms with Crippen LogP contribution in [0.25, 0.3) is 0 Å². The Morgan fingerprint density at radius 2 is 1.69 bits per heavy atom. The largest absolute Gasteiger partial charge is 0.507 e. The summed E-state index contributed by atoms with van der Waals surface area (Å²) < 4.78 is 0. The number of benzene rings is 1. The predicted molar refractivity (Wildman–Crippen MR) is 103 cm³/mol. The normalized spacial score (nSPS) is 10.9. The molecule has 2 rings (SSSR count). The lowest BCUT2D eigenvalue weighted by atomic mass is 9.93. The number of thiazole rings is 1. The van der Waals surface area contributed by atoms with Gasteiger partial charge in [0.25, 0.3) is 11.8 Å². The summed E-state index contributed by atoms with van der Waals surface area (Å²) in [5.74, 6) is -0.777. The summed E-state index contributed by atoms with van der Waals surface area (Å²) in [6.07, 6.45) is 0. The van der Waals surface area contributed by atoms with Gasteiger partial charge in [-0.05, 0) is 64.0 Å². The molecule has 0 spiro atoms. The second kappa shape index (κ2) is 7.84. The second-order valence-corrected chi connectivity index (χ2v) is 7.32. The van der Waals surface area contributed by atoms with Crippen molar-refractivity contribution in [2.75, 3.05) is 26.1 Å². The lowest BCUT2D eigenvalue weighted by molar-refractivity contribution is 0.0929.